The molecule has 2 aromatic rings. The number of carbonyl (C=O) groups is 2. The lowest BCUT2D eigenvalue weighted by Crippen LogP contribution is -3.07. The van der Waals surface area contributed by atoms with E-state index in [1.165, 1.54) is 11.8 Å². The van der Waals surface area contributed by atoms with Crippen molar-refractivity contribution in [1.29, 1.82) is 0 Å². The van der Waals surface area contributed by atoms with Crippen LogP contribution in [0.2, 0.25) is 0 Å². The molecule has 2 N–H and O–H groups in total. The van der Waals surface area contributed by atoms with Crippen molar-refractivity contribution in [2.75, 3.05) is 27.2 Å². The second-order valence-corrected chi connectivity index (χ2v) is 6.48. The van der Waals surface area contributed by atoms with Gasteiger partial charge in [-0.05, 0) is 49.7 Å². The lowest BCUT2D eigenvalue weighted by molar-refractivity contribution is -0.891. The zero-order chi connectivity index (χ0) is 18.9. The molecule has 1 atom stereocenters. The van der Waals surface area contributed by atoms with Crippen LogP contribution in [0.15, 0.2) is 47.1 Å². The van der Waals surface area contributed by atoms with E-state index in [1.54, 1.807) is 30.5 Å². The van der Waals surface area contributed by atoms with Gasteiger partial charge in [-0.1, -0.05) is 0 Å². The summed E-state index contributed by atoms with van der Waals surface area (Å²) in [5, 5.41) is 2.96. The molecule has 1 aromatic heterocycles. The van der Waals surface area contributed by atoms with Gasteiger partial charge in [-0.25, -0.2) is 0 Å². The van der Waals surface area contributed by atoms with Crippen LogP contribution < -0.4 is 15.0 Å². The van der Waals surface area contributed by atoms with E-state index in [2.05, 4.69) is 5.32 Å². The molecule has 0 fully saturated rings. The van der Waals surface area contributed by atoms with Crippen LogP contribution in [-0.4, -0.2) is 38.9 Å². The summed E-state index contributed by atoms with van der Waals surface area (Å²) in [7, 11) is 4.06. The van der Waals surface area contributed by atoms with Gasteiger partial charge < -0.3 is 19.4 Å². The third-order valence-corrected chi connectivity index (χ3v) is 4.16. The third-order valence-electron chi connectivity index (χ3n) is 4.16. The standard InChI is InChI=1S/C20H26N2O4/c1-15(23)16-8-10-17(11-9-16)25-12-5-7-20(24)21-14-18(22(2)3)19-6-4-13-26-19/h4,6,8-11,13,18H,5,7,12,14H2,1-3H3,(H,21,24)/p+1/t18-/m0/s1. The van der Waals surface area contributed by atoms with E-state index in [4.69, 9.17) is 9.15 Å². The minimum absolute atomic E-state index is 0.00154. The van der Waals surface area contributed by atoms with E-state index >= 15 is 0 Å². The molecule has 0 unspecified atom stereocenters. The van der Waals surface area contributed by atoms with Gasteiger partial charge in [-0.2, -0.15) is 0 Å². The number of ketones is 1. The Bertz CT molecular complexity index is 693. The number of rotatable bonds is 10. The molecule has 1 aromatic carbocycles. The predicted molar refractivity (Wildman–Crippen MR) is 98.4 cm³/mol. The molecule has 0 aliphatic carbocycles. The number of Topliss-reactive ketones (excluding diaryl/α,β-unsaturated/α-hetero) is 1. The number of carbonyl (C=O) groups excluding carboxylic acids is 2. The van der Waals surface area contributed by atoms with Crippen LogP contribution in [0.1, 0.15) is 41.9 Å². The Kier molecular flexibility index (Phi) is 7.41. The molecule has 0 bridgehead atoms. The Morgan fingerprint density at radius 1 is 1.19 bits per heavy atom. The molecule has 140 valence electrons. The van der Waals surface area contributed by atoms with Gasteiger partial charge in [0.05, 0.1) is 33.5 Å². The van der Waals surface area contributed by atoms with Gasteiger partial charge in [0.25, 0.3) is 0 Å². The van der Waals surface area contributed by atoms with Gasteiger partial charge in [-0.3, -0.25) is 9.59 Å². The first-order valence-corrected chi connectivity index (χ1v) is 8.81. The van der Waals surface area contributed by atoms with Crippen molar-refractivity contribution in [3.8, 4) is 5.75 Å². The maximum atomic E-state index is 12.0. The lowest BCUT2D eigenvalue weighted by Gasteiger charge is -2.19. The first kappa shape index (κ1) is 19.7. The topological polar surface area (TPSA) is 73.0 Å². The number of hydrogen-bond donors (Lipinski definition) is 2. The highest BCUT2D eigenvalue weighted by molar-refractivity contribution is 5.94. The van der Waals surface area contributed by atoms with Crippen molar-refractivity contribution in [2.45, 2.75) is 25.8 Å². The molecule has 0 saturated heterocycles. The fourth-order valence-electron chi connectivity index (χ4n) is 2.59. The van der Waals surface area contributed by atoms with E-state index in [-0.39, 0.29) is 17.7 Å². The summed E-state index contributed by atoms with van der Waals surface area (Å²) >= 11 is 0. The van der Waals surface area contributed by atoms with Crippen LogP contribution in [0.5, 0.6) is 5.75 Å². The fraction of sp³-hybridized carbons (Fsp3) is 0.400. The smallest absolute Gasteiger partial charge is 0.220 e. The number of hydrogen-bond acceptors (Lipinski definition) is 4. The Labute approximate surface area is 154 Å². The average Bonchev–Trinajstić information content (AvgIpc) is 3.13. The van der Waals surface area contributed by atoms with Crippen LogP contribution in [0.25, 0.3) is 0 Å². The molecular weight excluding hydrogens is 332 g/mol. The van der Waals surface area contributed by atoms with Gasteiger partial charge in [0.2, 0.25) is 5.91 Å². The number of likely N-dealkylation sites (N-methyl/N-ethyl adjacent to an activating group) is 1. The summed E-state index contributed by atoms with van der Waals surface area (Å²) in [5.74, 6) is 1.59. The molecule has 26 heavy (non-hydrogen) atoms. The second kappa shape index (κ2) is 9.77. The summed E-state index contributed by atoms with van der Waals surface area (Å²) in [5.41, 5.74) is 0.658. The summed E-state index contributed by atoms with van der Waals surface area (Å²) < 4.78 is 11.1. The van der Waals surface area contributed by atoms with Crippen molar-refractivity contribution < 1.29 is 23.6 Å². The van der Waals surface area contributed by atoms with Crippen LogP contribution >= 0.6 is 0 Å². The number of amides is 1. The Morgan fingerprint density at radius 2 is 1.92 bits per heavy atom. The van der Waals surface area contributed by atoms with E-state index in [1.807, 2.05) is 26.2 Å². The summed E-state index contributed by atoms with van der Waals surface area (Å²) in [6, 6.07) is 10.9. The van der Waals surface area contributed by atoms with E-state index < -0.39 is 0 Å². The molecule has 0 spiro atoms. The first-order valence-electron chi connectivity index (χ1n) is 8.81. The maximum absolute atomic E-state index is 12.0. The largest absolute Gasteiger partial charge is 0.494 e. The number of benzene rings is 1. The van der Waals surface area contributed by atoms with E-state index in [0.717, 1.165) is 5.76 Å². The van der Waals surface area contributed by atoms with Crippen molar-refractivity contribution in [3.05, 3.63) is 54.0 Å². The SMILES string of the molecule is CC(=O)c1ccc(OCCCC(=O)NC[C@@H](c2ccco2)[NH+](C)C)cc1. The normalized spacial score (nSPS) is 12.0. The van der Waals surface area contributed by atoms with Crippen LogP contribution in [0.4, 0.5) is 0 Å². The number of ether oxygens (including phenoxy) is 1. The summed E-state index contributed by atoms with van der Waals surface area (Å²) in [6.45, 7) is 2.51. The van der Waals surface area contributed by atoms with Crippen LogP contribution in [-0.2, 0) is 4.79 Å². The fourth-order valence-corrected chi connectivity index (χ4v) is 2.59. The highest BCUT2D eigenvalue weighted by Gasteiger charge is 2.21. The zero-order valence-corrected chi connectivity index (χ0v) is 15.6. The average molecular weight is 359 g/mol. The quantitative estimate of drug-likeness (QED) is 0.500. The van der Waals surface area contributed by atoms with Crippen molar-refractivity contribution in [1.82, 2.24) is 5.32 Å². The molecule has 6 nitrogen and oxygen atoms in total. The molecule has 0 aliphatic heterocycles. The third kappa shape index (κ3) is 6.04. The van der Waals surface area contributed by atoms with Gasteiger partial charge >= 0.3 is 0 Å². The van der Waals surface area contributed by atoms with Crippen LogP contribution in [0.3, 0.4) is 0 Å². The van der Waals surface area contributed by atoms with E-state index in [0.29, 0.717) is 37.3 Å². The Hall–Kier alpha value is -2.60. The molecular formula is C20H27N2O4+. The zero-order valence-electron chi connectivity index (χ0n) is 15.6. The molecule has 0 aliphatic rings. The molecule has 1 amide bonds. The predicted octanol–water partition coefficient (Wildman–Crippen LogP) is 1.64. The molecule has 1 heterocycles. The van der Waals surface area contributed by atoms with Crippen LogP contribution in [0, 0.1) is 0 Å². The van der Waals surface area contributed by atoms with Gasteiger partial charge in [0.15, 0.2) is 17.6 Å². The van der Waals surface area contributed by atoms with Gasteiger partial charge in [-0.15, -0.1) is 0 Å². The van der Waals surface area contributed by atoms with Gasteiger partial charge in [0.1, 0.15) is 5.75 Å². The minimum Gasteiger partial charge on any atom is -0.494 e. The summed E-state index contributed by atoms with van der Waals surface area (Å²) in [4.78, 5) is 24.4. The van der Waals surface area contributed by atoms with Crippen molar-refractivity contribution in [2.24, 2.45) is 0 Å². The molecule has 0 saturated carbocycles. The lowest BCUT2D eigenvalue weighted by atomic mass is 10.1. The number of furan rings is 1. The van der Waals surface area contributed by atoms with E-state index in [9.17, 15) is 9.59 Å². The second-order valence-electron chi connectivity index (χ2n) is 6.48. The number of quaternary nitrogens is 1. The molecule has 2 rings (SSSR count). The Morgan fingerprint density at radius 3 is 2.50 bits per heavy atom. The monoisotopic (exact) mass is 359 g/mol. The van der Waals surface area contributed by atoms with Crippen molar-refractivity contribution >= 4 is 11.7 Å². The highest BCUT2D eigenvalue weighted by Crippen LogP contribution is 2.13. The molecule has 0 radical (unpaired) electrons. The summed E-state index contributed by atoms with van der Waals surface area (Å²) in [6.07, 6.45) is 2.67. The Balaban J connectivity index is 1.67. The minimum atomic E-state index is -0.00154. The maximum Gasteiger partial charge on any atom is 0.220 e. The molecule has 6 heteroatoms. The first-order chi connectivity index (χ1) is 12.5. The van der Waals surface area contributed by atoms with Crippen molar-refractivity contribution in [3.63, 3.8) is 0 Å². The number of nitrogens with one attached hydrogen (secondary N) is 2. The van der Waals surface area contributed by atoms with Gasteiger partial charge in [0, 0.05) is 12.0 Å². The highest BCUT2D eigenvalue weighted by atomic mass is 16.5.